The smallest absolute Gasteiger partial charge is 0.224 e. The van der Waals surface area contributed by atoms with Crippen LogP contribution in [0.15, 0.2) is 53.4 Å². The number of hydrogen-bond acceptors (Lipinski definition) is 2. The Morgan fingerprint density at radius 1 is 0.667 bits per heavy atom. The predicted octanol–water partition coefficient (Wildman–Crippen LogP) is 7.86. The molecule has 0 aliphatic rings. The Morgan fingerprint density at radius 3 is 1.74 bits per heavy atom. The highest BCUT2D eigenvalue weighted by molar-refractivity contribution is 8.14. The van der Waals surface area contributed by atoms with Gasteiger partial charge in [0, 0.05) is 10.5 Å². The molecular formula is C25H34OS. The van der Waals surface area contributed by atoms with E-state index in [-0.39, 0.29) is 5.12 Å². The van der Waals surface area contributed by atoms with Gasteiger partial charge in [0.25, 0.3) is 0 Å². The molecule has 0 unspecified atom stereocenters. The van der Waals surface area contributed by atoms with Gasteiger partial charge in [-0.05, 0) is 60.7 Å². The van der Waals surface area contributed by atoms with Gasteiger partial charge in [0.2, 0.25) is 5.12 Å². The van der Waals surface area contributed by atoms with Crippen molar-refractivity contribution in [3.63, 3.8) is 0 Å². The van der Waals surface area contributed by atoms with Crippen LogP contribution in [0, 0.1) is 0 Å². The molecule has 0 spiro atoms. The average Bonchev–Trinajstić information content (AvgIpc) is 2.70. The third-order valence-corrected chi connectivity index (χ3v) is 5.89. The molecule has 0 heterocycles. The Labute approximate surface area is 170 Å². The number of unbranched alkanes of at least 4 members (excludes halogenated alkanes) is 6. The summed E-state index contributed by atoms with van der Waals surface area (Å²) in [6.07, 6.45) is 12.5. The van der Waals surface area contributed by atoms with Gasteiger partial charge >= 0.3 is 0 Å². The van der Waals surface area contributed by atoms with Gasteiger partial charge in [0.1, 0.15) is 0 Å². The number of thioether (sulfide) groups is 1. The summed E-state index contributed by atoms with van der Waals surface area (Å²) < 4.78 is 0. The number of hydrogen-bond donors (Lipinski definition) is 0. The standard InChI is InChI=1S/C25H34OS/c1-3-5-7-8-10-12-21-13-17-23(18-14-21)25(26)27-24-19-15-22(16-20-24)11-9-6-4-2/h13-20H,3-12H2,1-2H3. The van der Waals surface area contributed by atoms with Crippen LogP contribution in [0.2, 0.25) is 0 Å². The Bertz CT molecular complexity index is 658. The second kappa shape index (κ2) is 12.8. The summed E-state index contributed by atoms with van der Waals surface area (Å²) in [4.78, 5) is 13.5. The van der Waals surface area contributed by atoms with Gasteiger partial charge in [0.15, 0.2) is 0 Å². The Morgan fingerprint density at radius 2 is 1.15 bits per heavy atom. The lowest BCUT2D eigenvalue weighted by Crippen LogP contribution is -1.95. The molecule has 0 aliphatic carbocycles. The van der Waals surface area contributed by atoms with Gasteiger partial charge in [-0.15, -0.1) is 0 Å². The van der Waals surface area contributed by atoms with Crippen molar-refractivity contribution >= 4 is 16.9 Å². The molecule has 27 heavy (non-hydrogen) atoms. The van der Waals surface area contributed by atoms with Crippen molar-refractivity contribution in [1.82, 2.24) is 0 Å². The third-order valence-electron chi connectivity index (χ3n) is 4.96. The number of carbonyl (C=O) groups excluding carboxylic acids is 1. The maximum Gasteiger partial charge on any atom is 0.224 e. The number of benzene rings is 2. The number of carbonyl (C=O) groups is 1. The first kappa shape index (κ1) is 21.8. The van der Waals surface area contributed by atoms with Crippen LogP contribution in [0.4, 0.5) is 0 Å². The van der Waals surface area contributed by atoms with E-state index in [2.05, 4.69) is 50.2 Å². The van der Waals surface area contributed by atoms with E-state index < -0.39 is 0 Å². The van der Waals surface area contributed by atoms with E-state index in [9.17, 15) is 4.79 Å². The lowest BCUT2D eigenvalue weighted by Gasteiger charge is -2.05. The maximum absolute atomic E-state index is 12.5. The quantitative estimate of drug-likeness (QED) is 0.274. The topological polar surface area (TPSA) is 17.1 Å². The molecule has 146 valence electrons. The summed E-state index contributed by atoms with van der Waals surface area (Å²) in [6, 6.07) is 16.7. The molecule has 0 aliphatic heterocycles. The van der Waals surface area contributed by atoms with Crippen LogP contribution in [-0.2, 0) is 12.8 Å². The molecule has 0 aromatic heterocycles. The molecule has 2 aromatic rings. The van der Waals surface area contributed by atoms with Crippen LogP contribution < -0.4 is 0 Å². The van der Waals surface area contributed by atoms with Gasteiger partial charge in [-0.3, -0.25) is 4.79 Å². The van der Waals surface area contributed by atoms with Crippen molar-refractivity contribution < 1.29 is 4.79 Å². The van der Waals surface area contributed by atoms with Crippen LogP contribution in [0.1, 0.15) is 86.7 Å². The van der Waals surface area contributed by atoms with E-state index in [0.29, 0.717) is 0 Å². The molecule has 0 N–H and O–H groups in total. The van der Waals surface area contributed by atoms with E-state index in [0.717, 1.165) is 23.3 Å². The average molecular weight is 383 g/mol. The van der Waals surface area contributed by atoms with Gasteiger partial charge in [-0.25, -0.2) is 0 Å². The summed E-state index contributed by atoms with van der Waals surface area (Å²) in [5.74, 6) is 0. The molecular weight excluding hydrogens is 348 g/mol. The lowest BCUT2D eigenvalue weighted by molar-refractivity contribution is 0.108. The fraction of sp³-hybridized carbons (Fsp3) is 0.480. The third kappa shape index (κ3) is 8.34. The Hall–Kier alpha value is -1.54. The first-order valence-corrected chi connectivity index (χ1v) is 11.4. The molecule has 2 heteroatoms. The van der Waals surface area contributed by atoms with Crippen molar-refractivity contribution in [2.24, 2.45) is 0 Å². The van der Waals surface area contributed by atoms with E-state index in [1.807, 2.05) is 12.1 Å². The first-order valence-electron chi connectivity index (χ1n) is 10.6. The van der Waals surface area contributed by atoms with E-state index in [1.54, 1.807) is 0 Å². The molecule has 2 rings (SSSR count). The first-order chi connectivity index (χ1) is 13.2. The number of aryl methyl sites for hydroxylation is 2. The zero-order valence-corrected chi connectivity index (χ0v) is 17.8. The largest absolute Gasteiger partial charge is 0.281 e. The van der Waals surface area contributed by atoms with E-state index in [1.165, 1.54) is 74.3 Å². The van der Waals surface area contributed by atoms with Crippen LogP contribution >= 0.6 is 11.8 Å². The van der Waals surface area contributed by atoms with Crippen LogP contribution in [0.25, 0.3) is 0 Å². The van der Waals surface area contributed by atoms with Crippen molar-refractivity contribution in [3.8, 4) is 0 Å². The van der Waals surface area contributed by atoms with Crippen LogP contribution in [0.5, 0.6) is 0 Å². The fourth-order valence-electron chi connectivity index (χ4n) is 3.21. The monoisotopic (exact) mass is 382 g/mol. The molecule has 0 fully saturated rings. The summed E-state index contributed by atoms with van der Waals surface area (Å²) >= 11 is 1.33. The molecule has 2 aromatic carbocycles. The molecule has 1 nitrogen and oxygen atoms in total. The highest BCUT2D eigenvalue weighted by atomic mass is 32.2. The van der Waals surface area contributed by atoms with E-state index >= 15 is 0 Å². The van der Waals surface area contributed by atoms with Crippen LogP contribution in [0.3, 0.4) is 0 Å². The molecule has 0 radical (unpaired) electrons. The van der Waals surface area contributed by atoms with Crippen molar-refractivity contribution in [3.05, 3.63) is 65.2 Å². The highest BCUT2D eigenvalue weighted by Gasteiger charge is 2.08. The zero-order valence-electron chi connectivity index (χ0n) is 17.0. The molecule has 0 amide bonds. The van der Waals surface area contributed by atoms with Gasteiger partial charge in [-0.2, -0.15) is 0 Å². The van der Waals surface area contributed by atoms with Crippen molar-refractivity contribution in [1.29, 1.82) is 0 Å². The van der Waals surface area contributed by atoms with Crippen molar-refractivity contribution in [2.75, 3.05) is 0 Å². The minimum absolute atomic E-state index is 0.128. The minimum atomic E-state index is 0.128. The lowest BCUT2D eigenvalue weighted by atomic mass is 10.0. The Kier molecular flexibility index (Phi) is 10.3. The normalized spacial score (nSPS) is 10.9. The summed E-state index contributed by atoms with van der Waals surface area (Å²) in [6.45, 7) is 4.47. The zero-order chi connectivity index (χ0) is 19.3. The molecule has 0 atom stereocenters. The SMILES string of the molecule is CCCCCCCc1ccc(C(=O)Sc2ccc(CCCCC)cc2)cc1. The second-order valence-corrected chi connectivity index (χ2v) is 8.40. The molecule has 0 bridgehead atoms. The fourth-order valence-corrected chi connectivity index (χ4v) is 3.95. The summed E-state index contributed by atoms with van der Waals surface area (Å²) in [5.41, 5.74) is 3.50. The summed E-state index contributed by atoms with van der Waals surface area (Å²) in [5, 5.41) is 0.128. The van der Waals surface area contributed by atoms with E-state index in [4.69, 9.17) is 0 Å². The predicted molar refractivity (Wildman–Crippen MR) is 119 cm³/mol. The summed E-state index contributed by atoms with van der Waals surface area (Å²) in [7, 11) is 0. The highest BCUT2D eigenvalue weighted by Crippen LogP contribution is 2.24. The number of rotatable bonds is 12. The Balaban J connectivity index is 1.79. The van der Waals surface area contributed by atoms with Gasteiger partial charge in [0.05, 0.1) is 0 Å². The van der Waals surface area contributed by atoms with Crippen LogP contribution in [-0.4, -0.2) is 5.12 Å². The maximum atomic E-state index is 12.5. The molecule has 0 saturated heterocycles. The minimum Gasteiger partial charge on any atom is -0.281 e. The second-order valence-electron chi connectivity index (χ2n) is 7.35. The van der Waals surface area contributed by atoms with Gasteiger partial charge in [-0.1, -0.05) is 88.8 Å². The van der Waals surface area contributed by atoms with Crippen molar-refractivity contribution in [2.45, 2.75) is 83.0 Å². The van der Waals surface area contributed by atoms with Gasteiger partial charge < -0.3 is 0 Å². The molecule has 0 saturated carbocycles.